The van der Waals surface area contributed by atoms with Crippen molar-refractivity contribution in [2.24, 2.45) is 0 Å². The number of thiophene rings is 2. The first kappa shape index (κ1) is 19.3. The Bertz CT molecular complexity index is 1230. The molecule has 0 atom stereocenters. The van der Waals surface area contributed by atoms with Crippen LogP contribution in [0, 0.1) is 0 Å². The lowest BCUT2D eigenvalue weighted by Gasteiger charge is -2.11. The molecule has 0 unspecified atom stereocenters. The van der Waals surface area contributed by atoms with E-state index in [4.69, 9.17) is 5.73 Å². The van der Waals surface area contributed by atoms with Gasteiger partial charge in [-0.05, 0) is 17.5 Å². The number of halogens is 3. The second-order valence-electron chi connectivity index (χ2n) is 6.08. The van der Waals surface area contributed by atoms with E-state index in [1.165, 1.54) is 6.07 Å². The number of benzene rings is 1. The zero-order chi connectivity index (χ0) is 20.8. The van der Waals surface area contributed by atoms with Crippen molar-refractivity contribution in [2.45, 2.75) is 6.18 Å². The minimum absolute atomic E-state index is 0.0142. The van der Waals surface area contributed by atoms with E-state index < -0.39 is 29.0 Å². The van der Waals surface area contributed by atoms with Gasteiger partial charge in [0.1, 0.15) is 9.71 Å². The van der Waals surface area contributed by atoms with Crippen LogP contribution in [0.2, 0.25) is 0 Å². The van der Waals surface area contributed by atoms with Crippen LogP contribution in [0.25, 0.3) is 10.2 Å². The van der Waals surface area contributed by atoms with Crippen LogP contribution in [-0.4, -0.2) is 16.6 Å². The van der Waals surface area contributed by atoms with Gasteiger partial charge in [0.15, 0.2) is 5.69 Å². The molecule has 0 aliphatic rings. The Morgan fingerprint density at radius 2 is 1.72 bits per heavy atom. The Morgan fingerprint density at radius 3 is 2.34 bits per heavy atom. The molecule has 0 aliphatic heterocycles. The molecule has 2 N–H and O–H groups in total. The van der Waals surface area contributed by atoms with E-state index in [1.54, 1.807) is 41.8 Å². The fourth-order valence-corrected chi connectivity index (χ4v) is 4.58. The normalized spacial score (nSPS) is 11.7. The number of nitrogen functional groups attached to an aromatic ring is 1. The highest BCUT2D eigenvalue weighted by atomic mass is 32.1. The van der Waals surface area contributed by atoms with Crippen LogP contribution in [-0.2, 0) is 6.18 Å². The van der Waals surface area contributed by atoms with E-state index >= 15 is 0 Å². The summed E-state index contributed by atoms with van der Waals surface area (Å²) in [5, 5.41) is 1.75. The molecule has 9 heteroatoms. The molecule has 0 bridgehead atoms. The van der Waals surface area contributed by atoms with Gasteiger partial charge in [0.05, 0.1) is 16.1 Å². The average molecular weight is 432 g/mol. The van der Waals surface area contributed by atoms with Crippen molar-refractivity contribution >= 4 is 50.1 Å². The summed E-state index contributed by atoms with van der Waals surface area (Å²) < 4.78 is 40.8. The lowest BCUT2D eigenvalue weighted by atomic mass is 10.0. The molecule has 0 fully saturated rings. The molecule has 1 aromatic carbocycles. The van der Waals surface area contributed by atoms with Crippen molar-refractivity contribution in [3.8, 4) is 0 Å². The number of fused-ring (bicyclic) bond motifs is 1. The van der Waals surface area contributed by atoms with Gasteiger partial charge in [0.2, 0.25) is 11.6 Å². The molecule has 29 heavy (non-hydrogen) atoms. The number of alkyl halides is 3. The second-order valence-corrected chi connectivity index (χ2v) is 8.03. The number of nitrogens with two attached hydrogens (primary N) is 1. The molecule has 146 valence electrons. The molecule has 0 amide bonds. The summed E-state index contributed by atoms with van der Waals surface area (Å²) in [5.41, 5.74) is 4.58. The first-order valence-electron chi connectivity index (χ1n) is 8.25. The monoisotopic (exact) mass is 432 g/mol. The number of anilines is 1. The molecule has 3 aromatic heterocycles. The van der Waals surface area contributed by atoms with Gasteiger partial charge in [-0.1, -0.05) is 36.4 Å². The predicted molar refractivity (Wildman–Crippen MR) is 107 cm³/mol. The molecule has 0 spiro atoms. The van der Waals surface area contributed by atoms with E-state index in [0.717, 1.165) is 28.7 Å². The van der Waals surface area contributed by atoms with E-state index in [1.807, 2.05) is 0 Å². The summed E-state index contributed by atoms with van der Waals surface area (Å²) in [6.07, 6.45) is -4.83. The fraction of sp³-hybridized carbons (Fsp3) is 0.0500. The predicted octanol–water partition coefficient (Wildman–Crippen LogP) is 5.42. The molecule has 4 aromatic rings. The van der Waals surface area contributed by atoms with Gasteiger partial charge in [-0.15, -0.1) is 22.7 Å². The van der Waals surface area contributed by atoms with Crippen molar-refractivity contribution in [3.63, 3.8) is 0 Å². The molecule has 0 saturated carbocycles. The van der Waals surface area contributed by atoms with Crippen LogP contribution in [0.15, 0.2) is 53.9 Å². The van der Waals surface area contributed by atoms with Gasteiger partial charge < -0.3 is 5.73 Å². The standard InChI is InChI=1S/C20H11F3N2O2S2/c21-20(22,23)18-12(16(27)13-7-4-8-28-13)9-11-14(24)17(29-19(11)25-18)15(26)10-5-2-1-3-6-10/h1-9H,24H2. The smallest absolute Gasteiger partial charge is 0.397 e. The molecule has 4 nitrogen and oxygen atoms in total. The summed E-state index contributed by atoms with van der Waals surface area (Å²) in [4.78, 5) is 29.3. The summed E-state index contributed by atoms with van der Waals surface area (Å²) in [6, 6.07) is 12.4. The van der Waals surface area contributed by atoms with Gasteiger partial charge in [0, 0.05) is 10.9 Å². The highest BCUT2D eigenvalue weighted by Crippen LogP contribution is 2.39. The maximum atomic E-state index is 13.6. The largest absolute Gasteiger partial charge is 0.434 e. The SMILES string of the molecule is Nc1c(C(=O)c2ccccc2)sc2nc(C(F)(F)F)c(C(=O)c3cccs3)cc12. The van der Waals surface area contributed by atoms with Crippen LogP contribution in [0.1, 0.15) is 36.2 Å². The van der Waals surface area contributed by atoms with Crippen molar-refractivity contribution in [3.05, 3.63) is 80.5 Å². The lowest BCUT2D eigenvalue weighted by Crippen LogP contribution is -2.15. The summed E-state index contributed by atoms with van der Waals surface area (Å²) in [5.74, 6) is -1.20. The number of carbonyl (C=O) groups is 2. The van der Waals surface area contributed by atoms with Crippen molar-refractivity contribution in [2.75, 3.05) is 5.73 Å². The summed E-state index contributed by atoms with van der Waals surface area (Å²) in [6.45, 7) is 0. The van der Waals surface area contributed by atoms with Crippen molar-refractivity contribution in [1.82, 2.24) is 4.98 Å². The highest BCUT2D eigenvalue weighted by Gasteiger charge is 2.38. The van der Waals surface area contributed by atoms with Crippen LogP contribution in [0.4, 0.5) is 18.9 Å². The van der Waals surface area contributed by atoms with Crippen molar-refractivity contribution < 1.29 is 22.8 Å². The van der Waals surface area contributed by atoms with E-state index in [2.05, 4.69) is 4.98 Å². The van der Waals surface area contributed by atoms with Gasteiger partial charge in [-0.3, -0.25) is 9.59 Å². The van der Waals surface area contributed by atoms with Crippen LogP contribution >= 0.6 is 22.7 Å². The number of ketones is 2. The topological polar surface area (TPSA) is 73.1 Å². The van der Waals surface area contributed by atoms with Crippen LogP contribution in [0.5, 0.6) is 0 Å². The third kappa shape index (κ3) is 3.43. The summed E-state index contributed by atoms with van der Waals surface area (Å²) in [7, 11) is 0. The number of rotatable bonds is 4. The van der Waals surface area contributed by atoms with Crippen LogP contribution < -0.4 is 5.73 Å². The number of nitrogens with zero attached hydrogens (tertiary/aromatic N) is 1. The number of pyridine rings is 1. The lowest BCUT2D eigenvalue weighted by molar-refractivity contribution is -0.141. The molecular formula is C20H11F3N2O2S2. The highest BCUT2D eigenvalue weighted by molar-refractivity contribution is 7.21. The Morgan fingerprint density at radius 1 is 1.00 bits per heavy atom. The zero-order valence-corrected chi connectivity index (χ0v) is 16.1. The third-order valence-corrected chi connectivity index (χ3v) is 6.20. The minimum Gasteiger partial charge on any atom is -0.397 e. The Labute approximate surface area is 170 Å². The third-order valence-electron chi connectivity index (χ3n) is 4.22. The number of carbonyl (C=O) groups excluding carboxylic acids is 2. The molecular weight excluding hydrogens is 421 g/mol. The first-order chi connectivity index (χ1) is 13.8. The van der Waals surface area contributed by atoms with E-state index in [-0.39, 0.29) is 25.7 Å². The van der Waals surface area contributed by atoms with E-state index in [0.29, 0.717) is 5.56 Å². The molecule has 0 radical (unpaired) electrons. The second kappa shape index (κ2) is 7.09. The number of hydrogen-bond acceptors (Lipinski definition) is 6. The zero-order valence-electron chi connectivity index (χ0n) is 14.5. The first-order valence-corrected chi connectivity index (χ1v) is 9.95. The Hall–Kier alpha value is -3.04. The fourth-order valence-electron chi connectivity index (χ4n) is 2.86. The Balaban J connectivity index is 1.92. The van der Waals surface area contributed by atoms with Gasteiger partial charge >= 0.3 is 6.18 Å². The number of hydrogen-bond donors (Lipinski definition) is 1. The molecule has 4 rings (SSSR count). The average Bonchev–Trinajstić information content (AvgIpc) is 3.34. The molecule has 3 heterocycles. The maximum absolute atomic E-state index is 13.6. The van der Waals surface area contributed by atoms with Gasteiger partial charge in [-0.2, -0.15) is 13.2 Å². The maximum Gasteiger partial charge on any atom is 0.434 e. The quantitative estimate of drug-likeness (QED) is 0.437. The van der Waals surface area contributed by atoms with E-state index in [9.17, 15) is 22.8 Å². The van der Waals surface area contributed by atoms with Gasteiger partial charge in [0.25, 0.3) is 0 Å². The number of aromatic nitrogens is 1. The van der Waals surface area contributed by atoms with Gasteiger partial charge in [-0.25, -0.2) is 4.98 Å². The minimum atomic E-state index is -4.83. The van der Waals surface area contributed by atoms with Crippen molar-refractivity contribution in [1.29, 1.82) is 0 Å². The molecule has 0 saturated heterocycles. The Kier molecular flexibility index (Phi) is 4.71. The van der Waals surface area contributed by atoms with Crippen LogP contribution in [0.3, 0.4) is 0 Å². The molecule has 0 aliphatic carbocycles. The summed E-state index contributed by atoms with van der Waals surface area (Å²) >= 11 is 1.82.